The van der Waals surface area contributed by atoms with Crippen molar-refractivity contribution in [1.82, 2.24) is 9.29 Å². The van der Waals surface area contributed by atoms with Crippen molar-refractivity contribution >= 4 is 22.4 Å². The summed E-state index contributed by atoms with van der Waals surface area (Å²) in [6.07, 6.45) is 3.90. The quantitative estimate of drug-likeness (QED) is 0.919. The fraction of sp³-hybridized carbons (Fsp3) is 0.333. The summed E-state index contributed by atoms with van der Waals surface area (Å²) in [5, 5.41) is 3.07. The van der Waals surface area contributed by atoms with Gasteiger partial charge in [-0.05, 0) is 43.7 Å². The van der Waals surface area contributed by atoms with Crippen LogP contribution in [0.1, 0.15) is 30.0 Å². The molecule has 0 saturated heterocycles. The zero-order valence-electron chi connectivity index (χ0n) is 11.8. The molecule has 0 atom stereocenters. The lowest BCUT2D eigenvalue weighted by Gasteiger charge is -2.09. The molecule has 1 heterocycles. The number of halogens is 1. The third-order valence-corrected chi connectivity index (χ3v) is 5.25. The molecule has 0 spiro atoms. The molecule has 0 radical (unpaired) electrons. The summed E-state index contributed by atoms with van der Waals surface area (Å²) >= 11 is 0. The molecule has 1 aromatic carbocycles. The number of nitrogens with one attached hydrogen (secondary N) is 1. The summed E-state index contributed by atoms with van der Waals surface area (Å²) in [7, 11) is -1.62. The predicted octanol–water partition coefficient (Wildman–Crippen LogP) is 2.74. The minimum atomic E-state index is -3.48. The monoisotopic (exact) mass is 326 g/mol. The highest BCUT2D eigenvalue weighted by Gasteiger charge is 2.31. The molecule has 1 N–H and O–H groups in total. The van der Waals surface area contributed by atoms with E-state index in [9.17, 15) is 8.42 Å². The molecule has 2 aromatic rings. The second-order valence-electron chi connectivity index (χ2n) is 5.19. The van der Waals surface area contributed by atoms with E-state index in [0.29, 0.717) is 17.4 Å². The van der Waals surface area contributed by atoms with Crippen molar-refractivity contribution in [2.75, 3.05) is 7.05 Å². The highest BCUT2D eigenvalue weighted by molar-refractivity contribution is 7.90. The fourth-order valence-electron chi connectivity index (χ4n) is 2.41. The third kappa shape index (κ3) is 3.15. The normalized spacial score (nSPS) is 14.7. The average Bonchev–Trinajstić information content (AvgIpc) is 3.21. The van der Waals surface area contributed by atoms with Crippen molar-refractivity contribution < 1.29 is 8.42 Å². The molecule has 1 aliphatic rings. The van der Waals surface area contributed by atoms with Crippen LogP contribution in [-0.2, 0) is 16.6 Å². The summed E-state index contributed by atoms with van der Waals surface area (Å²) in [5.41, 5.74) is 1.92. The maximum Gasteiger partial charge on any atom is 0.267 e. The number of benzene rings is 1. The number of hydrogen-bond donors (Lipinski definition) is 1. The van der Waals surface area contributed by atoms with Gasteiger partial charge in [0.15, 0.2) is 0 Å². The van der Waals surface area contributed by atoms with E-state index in [1.807, 2.05) is 19.2 Å². The Morgan fingerprint density at radius 1 is 1.24 bits per heavy atom. The maximum atomic E-state index is 12.7. The zero-order valence-corrected chi connectivity index (χ0v) is 13.5. The molecule has 0 aliphatic heterocycles. The van der Waals surface area contributed by atoms with Crippen molar-refractivity contribution in [3.8, 4) is 0 Å². The van der Waals surface area contributed by atoms with Gasteiger partial charge in [0.25, 0.3) is 10.0 Å². The lowest BCUT2D eigenvalue weighted by molar-refractivity contribution is 0.585. The lowest BCUT2D eigenvalue weighted by atomic mass is 10.2. The second-order valence-corrected chi connectivity index (χ2v) is 7.01. The summed E-state index contributed by atoms with van der Waals surface area (Å²) < 4.78 is 27.0. The van der Waals surface area contributed by atoms with E-state index in [0.717, 1.165) is 24.1 Å². The molecular weight excluding hydrogens is 308 g/mol. The first-order chi connectivity index (χ1) is 9.63. The van der Waals surface area contributed by atoms with E-state index in [-0.39, 0.29) is 12.4 Å². The molecule has 0 unspecified atom stereocenters. The topological polar surface area (TPSA) is 51.1 Å². The number of rotatable bonds is 5. The van der Waals surface area contributed by atoms with Crippen molar-refractivity contribution in [3.63, 3.8) is 0 Å². The summed E-state index contributed by atoms with van der Waals surface area (Å²) in [6, 6.07) is 10.6. The Balaban J connectivity index is 0.00000161. The van der Waals surface area contributed by atoms with E-state index in [1.165, 1.54) is 3.97 Å². The Kier molecular flexibility index (Phi) is 4.76. The van der Waals surface area contributed by atoms with Crippen molar-refractivity contribution in [1.29, 1.82) is 0 Å². The first-order valence-electron chi connectivity index (χ1n) is 6.79. The van der Waals surface area contributed by atoms with Gasteiger partial charge in [0.1, 0.15) is 0 Å². The van der Waals surface area contributed by atoms with Crippen LogP contribution in [0.15, 0.2) is 47.5 Å². The van der Waals surface area contributed by atoms with Gasteiger partial charge in [-0.1, -0.05) is 18.2 Å². The van der Waals surface area contributed by atoms with Crippen LogP contribution in [0, 0.1) is 0 Å². The van der Waals surface area contributed by atoms with E-state index < -0.39 is 10.0 Å². The van der Waals surface area contributed by atoms with Crippen LogP contribution >= 0.6 is 12.4 Å². The minimum Gasteiger partial charge on any atom is -0.316 e. The first kappa shape index (κ1) is 16.1. The number of hydrogen-bond acceptors (Lipinski definition) is 3. The van der Waals surface area contributed by atoms with Gasteiger partial charge >= 0.3 is 0 Å². The molecule has 1 saturated carbocycles. The van der Waals surface area contributed by atoms with E-state index in [1.54, 1.807) is 30.5 Å². The minimum absolute atomic E-state index is 0. The Labute approximate surface area is 131 Å². The van der Waals surface area contributed by atoms with Gasteiger partial charge in [0, 0.05) is 24.4 Å². The highest BCUT2D eigenvalue weighted by Crippen LogP contribution is 2.41. The summed E-state index contributed by atoms with van der Waals surface area (Å²) in [4.78, 5) is 0.341. The van der Waals surface area contributed by atoms with Crippen LogP contribution in [-0.4, -0.2) is 19.4 Å². The molecule has 21 heavy (non-hydrogen) atoms. The van der Waals surface area contributed by atoms with Gasteiger partial charge < -0.3 is 5.32 Å². The van der Waals surface area contributed by atoms with Crippen LogP contribution in [0.25, 0.3) is 0 Å². The summed E-state index contributed by atoms with van der Waals surface area (Å²) in [6.45, 7) is 0.678. The average molecular weight is 327 g/mol. The molecule has 0 amide bonds. The number of nitrogens with zero attached hydrogens (tertiary/aromatic N) is 1. The molecular formula is C15H19ClN2O2S. The van der Waals surface area contributed by atoms with Crippen molar-refractivity contribution in [3.05, 3.63) is 53.9 Å². The maximum absolute atomic E-state index is 12.7. The molecule has 6 heteroatoms. The molecule has 0 bridgehead atoms. The van der Waals surface area contributed by atoms with Crippen molar-refractivity contribution in [2.45, 2.75) is 30.2 Å². The predicted molar refractivity (Wildman–Crippen MR) is 85.4 cm³/mol. The Morgan fingerprint density at radius 2 is 1.90 bits per heavy atom. The molecule has 4 nitrogen and oxygen atoms in total. The van der Waals surface area contributed by atoms with Crippen LogP contribution in [0.4, 0.5) is 0 Å². The molecule has 1 aromatic heterocycles. The van der Waals surface area contributed by atoms with Gasteiger partial charge in [0.2, 0.25) is 0 Å². The molecule has 3 rings (SSSR count). The Bertz CT molecular complexity index is 707. The molecule has 1 aliphatic carbocycles. The van der Waals surface area contributed by atoms with Crippen LogP contribution in [0.2, 0.25) is 0 Å². The Morgan fingerprint density at radius 3 is 2.48 bits per heavy atom. The van der Waals surface area contributed by atoms with Crippen LogP contribution in [0.5, 0.6) is 0 Å². The zero-order chi connectivity index (χ0) is 14.2. The molecule has 114 valence electrons. The fourth-order valence-corrected chi connectivity index (χ4v) is 3.89. The van der Waals surface area contributed by atoms with Gasteiger partial charge in [-0.25, -0.2) is 12.4 Å². The van der Waals surface area contributed by atoms with Gasteiger partial charge in [-0.3, -0.25) is 0 Å². The van der Waals surface area contributed by atoms with E-state index in [2.05, 4.69) is 5.32 Å². The first-order valence-corrected chi connectivity index (χ1v) is 8.23. The largest absolute Gasteiger partial charge is 0.316 e. The molecule has 1 fully saturated rings. The Hall–Kier alpha value is -1.30. The van der Waals surface area contributed by atoms with Gasteiger partial charge in [-0.2, -0.15) is 0 Å². The standard InChI is InChI=1S/C15H18N2O2S.ClH/c1-16-10-12-9-15(13-7-8-13)17(11-12)20(18,19)14-5-3-2-4-6-14;/h2-6,9,11,13,16H,7-8,10H2,1H3;1H. The lowest BCUT2D eigenvalue weighted by Crippen LogP contribution is -2.14. The smallest absolute Gasteiger partial charge is 0.267 e. The van der Waals surface area contributed by atoms with Gasteiger partial charge in [-0.15, -0.1) is 12.4 Å². The van der Waals surface area contributed by atoms with E-state index in [4.69, 9.17) is 0 Å². The van der Waals surface area contributed by atoms with Gasteiger partial charge in [0.05, 0.1) is 4.90 Å². The summed E-state index contributed by atoms with van der Waals surface area (Å²) in [5.74, 6) is 0.388. The van der Waals surface area contributed by atoms with Crippen molar-refractivity contribution in [2.24, 2.45) is 0 Å². The van der Waals surface area contributed by atoms with Crippen LogP contribution in [0.3, 0.4) is 0 Å². The highest BCUT2D eigenvalue weighted by atomic mass is 35.5. The SMILES string of the molecule is CNCc1cc(C2CC2)n(S(=O)(=O)c2ccccc2)c1.Cl. The second kappa shape index (κ2) is 6.22. The van der Waals surface area contributed by atoms with E-state index >= 15 is 0 Å². The third-order valence-electron chi connectivity index (χ3n) is 3.55. The number of aromatic nitrogens is 1. The van der Waals surface area contributed by atoms with Crippen LogP contribution < -0.4 is 5.32 Å².